The number of nitrogens with one attached hydrogen (secondary N) is 2. The Morgan fingerprint density at radius 1 is 0.714 bits per heavy atom. The van der Waals surface area contributed by atoms with Gasteiger partial charge in [0.15, 0.2) is 0 Å². The average molecular weight is 417 g/mol. The van der Waals surface area contributed by atoms with Gasteiger partial charge in [-0.15, -0.1) is 0 Å². The van der Waals surface area contributed by atoms with E-state index in [4.69, 9.17) is 0 Å². The Morgan fingerprint density at radius 2 is 1.32 bits per heavy atom. The third-order valence-electron chi connectivity index (χ3n) is 4.03. The lowest BCUT2D eigenvalue weighted by Gasteiger charge is -2.12. The van der Waals surface area contributed by atoms with Crippen LogP contribution in [-0.2, 0) is 25.8 Å². The predicted octanol–water partition coefficient (Wildman–Crippen LogP) is 3.74. The third kappa shape index (κ3) is 5.11. The molecule has 3 aromatic carbocycles. The van der Waals surface area contributed by atoms with Crippen molar-refractivity contribution in [3.05, 3.63) is 90.0 Å². The van der Waals surface area contributed by atoms with Gasteiger partial charge >= 0.3 is 0 Å². The van der Waals surface area contributed by atoms with Crippen LogP contribution >= 0.6 is 0 Å². The maximum Gasteiger partial charge on any atom is 0.261 e. The molecule has 0 aliphatic heterocycles. The second-order valence-electron chi connectivity index (χ2n) is 6.29. The van der Waals surface area contributed by atoms with Crippen molar-refractivity contribution in [2.75, 3.05) is 9.44 Å². The van der Waals surface area contributed by atoms with E-state index >= 15 is 0 Å². The molecule has 2 N–H and O–H groups in total. The van der Waals surface area contributed by atoms with Gasteiger partial charge in [-0.25, -0.2) is 16.8 Å². The molecule has 8 heteroatoms. The van der Waals surface area contributed by atoms with Crippen LogP contribution in [0.5, 0.6) is 0 Å². The van der Waals surface area contributed by atoms with Gasteiger partial charge in [-0.1, -0.05) is 48.5 Å². The number of hydrogen-bond donors (Lipinski definition) is 2. The highest BCUT2D eigenvalue weighted by Crippen LogP contribution is 2.21. The summed E-state index contributed by atoms with van der Waals surface area (Å²) in [6.45, 7) is 1.81. The van der Waals surface area contributed by atoms with Crippen LogP contribution in [0.25, 0.3) is 0 Å². The molecule has 0 heterocycles. The number of rotatable bonds is 7. The molecule has 0 aromatic heterocycles. The van der Waals surface area contributed by atoms with Gasteiger partial charge in [-0.05, 0) is 48.4 Å². The van der Waals surface area contributed by atoms with Gasteiger partial charge in [-0.3, -0.25) is 9.44 Å². The van der Waals surface area contributed by atoms with Crippen molar-refractivity contribution in [2.45, 2.75) is 17.6 Å². The molecule has 6 nitrogen and oxygen atoms in total. The van der Waals surface area contributed by atoms with E-state index in [0.29, 0.717) is 16.9 Å². The molecule has 0 unspecified atom stereocenters. The van der Waals surface area contributed by atoms with Gasteiger partial charge in [0.25, 0.3) is 10.0 Å². The van der Waals surface area contributed by atoms with E-state index in [9.17, 15) is 16.8 Å². The average Bonchev–Trinajstić information content (AvgIpc) is 2.64. The molecule has 0 saturated heterocycles. The van der Waals surface area contributed by atoms with Gasteiger partial charge in [0.1, 0.15) is 0 Å². The Kier molecular flexibility index (Phi) is 5.71. The quantitative estimate of drug-likeness (QED) is 0.614. The number of anilines is 2. The minimum Gasteiger partial charge on any atom is -0.283 e. The summed E-state index contributed by atoms with van der Waals surface area (Å²) in [5, 5.41) is 0. The highest BCUT2D eigenvalue weighted by atomic mass is 32.2. The fraction of sp³-hybridized carbons (Fsp3) is 0.100. The molecule has 3 aromatic rings. The van der Waals surface area contributed by atoms with Crippen molar-refractivity contribution in [2.24, 2.45) is 0 Å². The van der Waals surface area contributed by atoms with Gasteiger partial charge in [0.2, 0.25) is 10.0 Å². The lowest BCUT2D eigenvalue weighted by Crippen LogP contribution is -2.16. The van der Waals surface area contributed by atoms with Crippen LogP contribution in [0, 0.1) is 6.92 Å². The summed E-state index contributed by atoms with van der Waals surface area (Å²) in [5.74, 6) is -0.164. The normalized spacial score (nSPS) is 11.8. The molecule has 0 aliphatic rings. The van der Waals surface area contributed by atoms with Gasteiger partial charge in [-0.2, -0.15) is 0 Å². The molecule has 0 bridgehead atoms. The fourth-order valence-electron chi connectivity index (χ4n) is 2.60. The molecule has 0 amide bonds. The molecule has 0 saturated carbocycles. The fourth-order valence-corrected chi connectivity index (χ4v) is 4.93. The van der Waals surface area contributed by atoms with Crippen LogP contribution in [0.3, 0.4) is 0 Å². The van der Waals surface area contributed by atoms with Crippen molar-refractivity contribution in [1.82, 2.24) is 0 Å². The molecule has 146 valence electrons. The van der Waals surface area contributed by atoms with E-state index in [1.807, 2.05) is 25.1 Å². The molecule has 0 radical (unpaired) electrons. The Morgan fingerprint density at radius 3 is 1.96 bits per heavy atom. The zero-order chi connectivity index (χ0) is 20.2. The van der Waals surface area contributed by atoms with Gasteiger partial charge in [0.05, 0.1) is 16.3 Å². The minimum atomic E-state index is -3.77. The molecular weight excluding hydrogens is 396 g/mol. The van der Waals surface area contributed by atoms with E-state index < -0.39 is 20.0 Å². The first kappa shape index (κ1) is 19.9. The zero-order valence-corrected chi connectivity index (χ0v) is 16.8. The van der Waals surface area contributed by atoms with Crippen LogP contribution in [-0.4, -0.2) is 16.8 Å². The SMILES string of the molecule is Cc1ccccc1NS(=O)(=O)c1ccc(NS(=O)(=O)Cc2ccccc2)cc1. The summed E-state index contributed by atoms with van der Waals surface area (Å²) in [6, 6.07) is 21.4. The molecule has 0 spiro atoms. The summed E-state index contributed by atoms with van der Waals surface area (Å²) in [5.41, 5.74) is 2.26. The molecule has 28 heavy (non-hydrogen) atoms. The van der Waals surface area contributed by atoms with Crippen LogP contribution in [0.2, 0.25) is 0 Å². The standard InChI is InChI=1S/C20H20N2O4S2/c1-16-7-5-6-10-20(16)22-28(25,26)19-13-11-18(12-14-19)21-27(23,24)15-17-8-3-2-4-9-17/h2-14,21-22H,15H2,1H3. The monoisotopic (exact) mass is 416 g/mol. The first-order valence-electron chi connectivity index (χ1n) is 8.48. The molecule has 0 fully saturated rings. The minimum absolute atomic E-state index is 0.0433. The maximum atomic E-state index is 12.5. The Hall–Kier alpha value is -2.84. The third-order valence-corrected chi connectivity index (χ3v) is 6.67. The second kappa shape index (κ2) is 8.04. The molecule has 0 aliphatic carbocycles. The molecular formula is C20H20N2O4S2. The van der Waals surface area contributed by atoms with Crippen molar-refractivity contribution < 1.29 is 16.8 Å². The van der Waals surface area contributed by atoms with E-state index in [1.165, 1.54) is 24.3 Å². The van der Waals surface area contributed by atoms with Crippen molar-refractivity contribution in [1.29, 1.82) is 0 Å². The van der Waals surface area contributed by atoms with Crippen molar-refractivity contribution >= 4 is 31.4 Å². The summed E-state index contributed by atoms with van der Waals surface area (Å²) < 4.78 is 54.7. The van der Waals surface area contributed by atoms with Gasteiger partial charge in [0, 0.05) is 5.69 Å². The Bertz CT molecular complexity index is 1160. The lowest BCUT2D eigenvalue weighted by atomic mass is 10.2. The number of para-hydroxylation sites is 1. The highest BCUT2D eigenvalue weighted by Gasteiger charge is 2.16. The summed E-state index contributed by atoms with van der Waals surface area (Å²) in [4.78, 5) is 0.0433. The van der Waals surface area contributed by atoms with E-state index in [0.717, 1.165) is 5.56 Å². The second-order valence-corrected chi connectivity index (χ2v) is 9.70. The van der Waals surface area contributed by atoms with E-state index in [-0.39, 0.29) is 10.6 Å². The highest BCUT2D eigenvalue weighted by molar-refractivity contribution is 7.92. The smallest absolute Gasteiger partial charge is 0.261 e. The summed E-state index contributed by atoms with van der Waals surface area (Å²) >= 11 is 0. The zero-order valence-electron chi connectivity index (χ0n) is 15.2. The molecule has 3 rings (SSSR count). The maximum absolute atomic E-state index is 12.5. The van der Waals surface area contributed by atoms with Crippen LogP contribution in [0.15, 0.2) is 83.8 Å². The van der Waals surface area contributed by atoms with Crippen molar-refractivity contribution in [3.63, 3.8) is 0 Å². The number of sulfonamides is 2. The first-order valence-corrected chi connectivity index (χ1v) is 11.6. The van der Waals surface area contributed by atoms with Crippen LogP contribution in [0.1, 0.15) is 11.1 Å². The summed E-state index contributed by atoms with van der Waals surface area (Å²) in [6.07, 6.45) is 0. The van der Waals surface area contributed by atoms with E-state index in [2.05, 4.69) is 9.44 Å². The summed E-state index contributed by atoms with van der Waals surface area (Å²) in [7, 11) is -7.38. The first-order chi connectivity index (χ1) is 13.3. The largest absolute Gasteiger partial charge is 0.283 e. The number of benzene rings is 3. The van der Waals surface area contributed by atoms with Crippen LogP contribution in [0.4, 0.5) is 11.4 Å². The Balaban J connectivity index is 1.73. The van der Waals surface area contributed by atoms with Gasteiger partial charge < -0.3 is 0 Å². The topological polar surface area (TPSA) is 92.3 Å². The predicted molar refractivity (Wildman–Crippen MR) is 111 cm³/mol. The van der Waals surface area contributed by atoms with Crippen molar-refractivity contribution in [3.8, 4) is 0 Å². The Labute approximate surface area is 165 Å². The number of aryl methyl sites for hydroxylation is 1. The van der Waals surface area contributed by atoms with Crippen LogP contribution < -0.4 is 9.44 Å². The number of hydrogen-bond acceptors (Lipinski definition) is 4. The lowest BCUT2D eigenvalue weighted by molar-refractivity contribution is 0.599. The molecule has 0 atom stereocenters. The van der Waals surface area contributed by atoms with E-state index in [1.54, 1.807) is 36.4 Å².